The highest BCUT2D eigenvalue weighted by atomic mass is 16.3. The van der Waals surface area contributed by atoms with Crippen molar-refractivity contribution in [3.05, 3.63) is 30.6 Å². The highest BCUT2D eigenvalue weighted by Crippen LogP contribution is 2.13. The molecular weight excluding hydrogens is 200 g/mol. The Morgan fingerprint density at radius 1 is 1.44 bits per heavy atom. The van der Waals surface area contributed by atoms with E-state index in [0.29, 0.717) is 19.4 Å². The van der Waals surface area contributed by atoms with E-state index >= 15 is 0 Å². The van der Waals surface area contributed by atoms with Crippen molar-refractivity contribution in [1.29, 1.82) is 0 Å². The summed E-state index contributed by atoms with van der Waals surface area (Å²) in [5, 5.41) is 9.77. The third kappa shape index (κ3) is 2.23. The second-order valence-corrected chi connectivity index (χ2v) is 3.78. The van der Waals surface area contributed by atoms with Crippen LogP contribution in [0.15, 0.2) is 30.6 Å². The van der Waals surface area contributed by atoms with Crippen LogP contribution >= 0.6 is 0 Å². The lowest BCUT2D eigenvalue weighted by Crippen LogP contribution is -2.14. The van der Waals surface area contributed by atoms with Crippen LogP contribution in [0.3, 0.4) is 0 Å². The van der Waals surface area contributed by atoms with Gasteiger partial charge < -0.3 is 9.67 Å². The molecule has 1 aromatic heterocycles. The highest BCUT2D eigenvalue weighted by Gasteiger charge is 2.07. The van der Waals surface area contributed by atoms with Crippen LogP contribution in [0.4, 0.5) is 0 Å². The molecule has 2 rings (SSSR count). The molecule has 0 saturated heterocycles. The fourth-order valence-electron chi connectivity index (χ4n) is 1.72. The zero-order valence-corrected chi connectivity index (χ0v) is 9.00. The number of nitrogens with zero attached hydrogens (tertiary/aromatic N) is 2. The number of para-hydroxylation sites is 2. The van der Waals surface area contributed by atoms with Crippen LogP contribution in [0.5, 0.6) is 0 Å². The maximum atomic E-state index is 9.77. The Bertz CT molecular complexity index is 510. The number of aromatic nitrogens is 2. The molecule has 3 nitrogen and oxygen atoms in total. The standard InChI is InChI=1S/C13H14N2O/c1-2-3-6-11(16)9-15-10-14-12-7-4-5-8-13(12)15/h1,4-5,7-8,10-11,16H,3,6,9H2. The number of fused-ring (bicyclic) bond motifs is 1. The molecule has 1 heterocycles. The summed E-state index contributed by atoms with van der Waals surface area (Å²) in [6.45, 7) is 0.544. The van der Waals surface area contributed by atoms with E-state index < -0.39 is 6.10 Å². The Balaban J connectivity index is 2.12. The smallest absolute Gasteiger partial charge is 0.0959 e. The normalized spacial score (nSPS) is 12.5. The van der Waals surface area contributed by atoms with Crippen molar-refractivity contribution in [2.24, 2.45) is 0 Å². The van der Waals surface area contributed by atoms with Crippen LogP contribution in [0.2, 0.25) is 0 Å². The molecule has 0 saturated carbocycles. The minimum atomic E-state index is -0.409. The number of aliphatic hydroxyl groups excluding tert-OH is 1. The SMILES string of the molecule is C#CCCC(O)Cn1cnc2ccccc21. The van der Waals surface area contributed by atoms with E-state index in [4.69, 9.17) is 6.42 Å². The first kappa shape index (κ1) is 10.7. The van der Waals surface area contributed by atoms with E-state index in [9.17, 15) is 5.11 Å². The molecule has 82 valence electrons. The van der Waals surface area contributed by atoms with Crippen molar-refractivity contribution >= 4 is 11.0 Å². The zero-order valence-electron chi connectivity index (χ0n) is 9.00. The van der Waals surface area contributed by atoms with Crippen molar-refractivity contribution in [2.45, 2.75) is 25.5 Å². The van der Waals surface area contributed by atoms with Gasteiger partial charge >= 0.3 is 0 Å². The number of hydrogen-bond donors (Lipinski definition) is 1. The molecule has 0 radical (unpaired) electrons. The summed E-state index contributed by atoms with van der Waals surface area (Å²) in [6, 6.07) is 7.87. The van der Waals surface area contributed by atoms with Crippen molar-refractivity contribution < 1.29 is 5.11 Å². The van der Waals surface area contributed by atoms with Crippen LogP contribution in [0.1, 0.15) is 12.8 Å². The molecule has 16 heavy (non-hydrogen) atoms. The topological polar surface area (TPSA) is 38.0 Å². The number of benzene rings is 1. The minimum Gasteiger partial charge on any atom is -0.391 e. The zero-order chi connectivity index (χ0) is 11.4. The largest absolute Gasteiger partial charge is 0.391 e. The van der Waals surface area contributed by atoms with Crippen molar-refractivity contribution in [3.8, 4) is 12.3 Å². The fourth-order valence-corrected chi connectivity index (χ4v) is 1.72. The molecule has 0 amide bonds. The Morgan fingerprint density at radius 3 is 3.06 bits per heavy atom. The van der Waals surface area contributed by atoms with Gasteiger partial charge in [0, 0.05) is 6.42 Å². The van der Waals surface area contributed by atoms with Crippen LogP contribution in [-0.2, 0) is 6.54 Å². The van der Waals surface area contributed by atoms with Gasteiger partial charge in [0.15, 0.2) is 0 Å². The van der Waals surface area contributed by atoms with Gasteiger partial charge in [0.25, 0.3) is 0 Å². The van der Waals surface area contributed by atoms with E-state index in [2.05, 4.69) is 10.9 Å². The first-order valence-electron chi connectivity index (χ1n) is 5.32. The summed E-state index contributed by atoms with van der Waals surface area (Å²) < 4.78 is 1.95. The van der Waals surface area contributed by atoms with Gasteiger partial charge in [0.2, 0.25) is 0 Å². The van der Waals surface area contributed by atoms with E-state index in [-0.39, 0.29) is 0 Å². The predicted molar refractivity (Wildman–Crippen MR) is 63.8 cm³/mol. The Kier molecular flexibility index (Phi) is 3.23. The van der Waals surface area contributed by atoms with Crippen LogP contribution in [0.25, 0.3) is 11.0 Å². The molecule has 0 fully saturated rings. The molecule has 0 bridgehead atoms. The van der Waals surface area contributed by atoms with E-state index in [1.165, 1.54) is 0 Å². The lowest BCUT2D eigenvalue weighted by atomic mass is 10.2. The Hall–Kier alpha value is -1.79. The van der Waals surface area contributed by atoms with Gasteiger partial charge in [0.1, 0.15) is 0 Å². The molecule has 1 unspecified atom stereocenters. The van der Waals surface area contributed by atoms with Crippen LogP contribution in [-0.4, -0.2) is 20.8 Å². The first-order valence-corrected chi connectivity index (χ1v) is 5.32. The van der Waals surface area contributed by atoms with Gasteiger partial charge in [-0.05, 0) is 18.6 Å². The van der Waals surface area contributed by atoms with E-state index in [0.717, 1.165) is 11.0 Å². The molecule has 1 N–H and O–H groups in total. The second-order valence-electron chi connectivity index (χ2n) is 3.78. The maximum Gasteiger partial charge on any atom is 0.0959 e. The van der Waals surface area contributed by atoms with Crippen molar-refractivity contribution in [3.63, 3.8) is 0 Å². The average Bonchev–Trinajstić information content (AvgIpc) is 2.70. The molecule has 0 aliphatic rings. The van der Waals surface area contributed by atoms with Gasteiger partial charge in [-0.2, -0.15) is 0 Å². The number of aliphatic hydroxyl groups is 1. The van der Waals surface area contributed by atoms with Crippen LogP contribution < -0.4 is 0 Å². The fraction of sp³-hybridized carbons (Fsp3) is 0.308. The van der Waals surface area contributed by atoms with Gasteiger partial charge in [-0.1, -0.05) is 12.1 Å². The first-order chi connectivity index (χ1) is 7.81. The third-order valence-corrected chi connectivity index (χ3v) is 2.56. The summed E-state index contributed by atoms with van der Waals surface area (Å²) in [5.41, 5.74) is 1.99. The monoisotopic (exact) mass is 214 g/mol. The lowest BCUT2D eigenvalue weighted by Gasteiger charge is -2.10. The lowest BCUT2D eigenvalue weighted by molar-refractivity contribution is 0.147. The maximum absolute atomic E-state index is 9.77. The van der Waals surface area contributed by atoms with E-state index in [1.54, 1.807) is 6.33 Å². The molecule has 0 aliphatic carbocycles. The van der Waals surface area contributed by atoms with Crippen molar-refractivity contribution in [1.82, 2.24) is 9.55 Å². The van der Waals surface area contributed by atoms with Gasteiger partial charge in [-0.3, -0.25) is 0 Å². The molecule has 0 aliphatic heterocycles. The van der Waals surface area contributed by atoms with Gasteiger partial charge in [0.05, 0.1) is 30.0 Å². The summed E-state index contributed by atoms with van der Waals surface area (Å²) in [5.74, 6) is 2.53. The summed E-state index contributed by atoms with van der Waals surface area (Å²) in [6.07, 6.45) is 7.74. The molecule has 2 aromatic rings. The minimum absolute atomic E-state index is 0.409. The number of rotatable bonds is 4. The number of terminal acetylenes is 1. The Morgan fingerprint density at radius 2 is 2.25 bits per heavy atom. The second kappa shape index (κ2) is 4.82. The molecule has 0 spiro atoms. The van der Waals surface area contributed by atoms with Crippen molar-refractivity contribution in [2.75, 3.05) is 0 Å². The quantitative estimate of drug-likeness (QED) is 0.788. The van der Waals surface area contributed by atoms with Gasteiger partial charge in [-0.15, -0.1) is 12.3 Å². The number of imidazole rings is 1. The summed E-state index contributed by atoms with van der Waals surface area (Å²) in [7, 11) is 0. The summed E-state index contributed by atoms with van der Waals surface area (Å²) in [4.78, 5) is 4.26. The third-order valence-electron chi connectivity index (χ3n) is 2.56. The van der Waals surface area contributed by atoms with Crippen LogP contribution in [0, 0.1) is 12.3 Å². The van der Waals surface area contributed by atoms with Gasteiger partial charge in [-0.25, -0.2) is 4.98 Å². The number of hydrogen-bond acceptors (Lipinski definition) is 2. The Labute approximate surface area is 94.7 Å². The van der Waals surface area contributed by atoms with E-state index in [1.807, 2.05) is 28.8 Å². The average molecular weight is 214 g/mol. The molecular formula is C13H14N2O. The predicted octanol–water partition coefficient (Wildman–Crippen LogP) is 1.81. The summed E-state index contributed by atoms with van der Waals surface area (Å²) >= 11 is 0. The highest BCUT2D eigenvalue weighted by molar-refractivity contribution is 5.74. The molecule has 1 atom stereocenters. The molecule has 3 heteroatoms. The molecule has 1 aromatic carbocycles.